The summed E-state index contributed by atoms with van der Waals surface area (Å²) in [6.07, 6.45) is 3.46. The van der Waals surface area contributed by atoms with Gasteiger partial charge in [-0.25, -0.2) is 4.98 Å². The molecule has 1 atom stereocenters. The Morgan fingerprint density at radius 1 is 1.36 bits per heavy atom. The normalized spacial score (nSPS) is 12.4. The Kier molecular flexibility index (Phi) is 5.55. The molecule has 1 heterocycles. The van der Waals surface area contributed by atoms with Crippen LogP contribution in [0.4, 0.5) is 0 Å². The molecule has 2 aromatic rings. The molecule has 0 bridgehead atoms. The predicted octanol–water partition coefficient (Wildman–Crippen LogP) is 3.18. The highest BCUT2D eigenvalue weighted by Crippen LogP contribution is 2.32. The maximum atomic E-state index is 12.5. The van der Waals surface area contributed by atoms with Gasteiger partial charge >= 0.3 is 0 Å². The topological polar surface area (TPSA) is 51.0 Å². The van der Waals surface area contributed by atoms with Gasteiger partial charge < -0.3 is 4.90 Å². The van der Waals surface area contributed by atoms with Gasteiger partial charge in [-0.1, -0.05) is 43.6 Å². The van der Waals surface area contributed by atoms with E-state index in [4.69, 9.17) is 11.6 Å². The molecule has 0 N–H and O–H groups in total. The third-order valence-corrected chi connectivity index (χ3v) is 4.03. The average Bonchev–Trinajstić information content (AvgIpc) is 3.00. The number of aryl methyl sites for hydroxylation is 1. The molecule has 1 aromatic heterocycles. The first-order chi connectivity index (χ1) is 10.5. The molecule has 0 spiro atoms. The highest BCUT2D eigenvalue weighted by Gasteiger charge is 2.26. The molecule has 1 amide bonds. The summed E-state index contributed by atoms with van der Waals surface area (Å²) < 4.78 is 1.66. The van der Waals surface area contributed by atoms with E-state index in [0.29, 0.717) is 18.0 Å². The Hall–Kier alpha value is -1.88. The molecule has 5 nitrogen and oxygen atoms in total. The summed E-state index contributed by atoms with van der Waals surface area (Å²) in [4.78, 5) is 18.1. The van der Waals surface area contributed by atoms with Gasteiger partial charge in [-0.2, -0.15) is 5.10 Å². The van der Waals surface area contributed by atoms with Crippen LogP contribution >= 0.6 is 11.6 Å². The van der Waals surface area contributed by atoms with Crippen molar-refractivity contribution < 1.29 is 4.79 Å². The summed E-state index contributed by atoms with van der Waals surface area (Å²) in [6, 6.07) is 7.64. The van der Waals surface area contributed by atoms with E-state index in [0.717, 1.165) is 5.56 Å². The highest BCUT2D eigenvalue weighted by atomic mass is 35.5. The minimum absolute atomic E-state index is 0.0445. The van der Waals surface area contributed by atoms with Crippen LogP contribution in [0.5, 0.6) is 0 Å². The van der Waals surface area contributed by atoms with Crippen molar-refractivity contribution in [2.45, 2.75) is 32.9 Å². The Labute approximate surface area is 135 Å². The van der Waals surface area contributed by atoms with Crippen molar-refractivity contribution in [2.24, 2.45) is 5.92 Å². The fourth-order valence-corrected chi connectivity index (χ4v) is 2.87. The van der Waals surface area contributed by atoms with Crippen LogP contribution in [0, 0.1) is 5.92 Å². The summed E-state index contributed by atoms with van der Waals surface area (Å²) in [5.74, 6) is 0.328. The number of aromatic nitrogens is 3. The van der Waals surface area contributed by atoms with E-state index < -0.39 is 0 Å². The van der Waals surface area contributed by atoms with Gasteiger partial charge in [-0.05, 0) is 17.5 Å². The lowest BCUT2D eigenvalue weighted by Gasteiger charge is -2.32. The Morgan fingerprint density at radius 3 is 2.68 bits per heavy atom. The van der Waals surface area contributed by atoms with Crippen LogP contribution in [0.2, 0.25) is 5.02 Å². The van der Waals surface area contributed by atoms with Crippen LogP contribution in [0.1, 0.15) is 31.9 Å². The van der Waals surface area contributed by atoms with E-state index in [1.165, 1.54) is 6.33 Å². The second-order valence-corrected chi connectivity index (χ2v) is 6.03. The van der Waals surface area contributed by atoms with Gasteiger partial charge in [0.2, 0.25) is 5.91 Å². The number of hydrogen-bond acceptors (Lipinski definition) is 3. The molecule has 1 aromatic carbocycles. The molecular formula is C16H21ClN4O. The molecule has 0 radical (unpaired) electrons. The molecule has 0 saturated carbocycles. The lowest BCUT2D eigenvalue weighted by molar-refractivity contribution is -0.133. The molecule has 6 heteroatoms. The number of hydrogen-bond donors (Lipinski definition) is 0. The van der Waals surface area contributed by atoms with E-state index in [1.54, 1.807) is 15.9 Å². The van der Waals surface area contributed by atoms with Gasteiger partial charge in [0.05, 0.1) is 12.6 Å². The molecule has 0 fully saturated rings. The zero-order chi connectivity index (χ0) is 16.1. The molecule has 0 saturated heterocycles. The number of carbonyl (C=O) groups excluding carboxylic acids is 1. The standard InChI is InChI=1S/C16H21ClN4O/c1-12(2)16(13-6-4-5-7-14(13)17)20(3)15(22)8-9-21-11-18-10-19-21/h4-7,10-12,16H,8-9H2,1-3H3/t16-/m1/s1. The second kappa shape index (κ2) is 7.40. The quantitative estimate of drug-likeness (QED) is 0.821. The summed E-state index contributed by atoms with van der Waals surface area (Å²) in [5.41, 5.74) is 0.982. The van der Waals surface area contributed by atoms with Crippen molar-refractivity contribution in [1.29, 1.82) is 0 Å². The number of nitrogens with zero attached hydrogens (tertiary/aromatic N) is 4. The van der Waals surface area contributed by atoms with Crippen LogP contribution in [0.3, 0.4) is 0 Å². The van der Waals surface area contributed by atoms with Crippen LogP contribution in [0.25, 0.3) is 0 Å². The van der Waals surface area contributed by atoms with Crippen molar-refractivity contribution in [2.75, 3.05) is 7.05 Å². The zero-order valence-electron chi connectivity index (χ0n) is 13.1. The summed E-state index contributed by atoms with van der Waals surface area (Å²) >= 11 is 6.31. The van der Waals surface area contributed by atoms with E-state index >= 15 is 0 Å². The SMILES string of the molecule is CC(C)[C@H](c1ccccc1Cl)N(C)C(=O)CCn1cncn1. The molecule has 0 unspecified atom stereocenters. The molecular weight excluding hydrogens is 300 g/mol. The van der Waals surface area contributed by atoms with Crippen LogP contribution in [-0.2, 0) is 11.3 Å². The average molecular weight is 321 g/mol. The fraction of sp³-hybridized carbons (Fsp3) is 0.438. The van der Waals surface area contributed by atoms with E-state index in [1.807, 2.05) is 31.3 Å². The van der Waals surface area contributed by atoms with Gasteiger partial charge in [0, 0.05) is 18.5 Å². The summed E-state index contributed by atoms with van der Waals surface area (Å²) in [5, 5.41) is 4.71. The lowest BCUT2D eigenvalue weighted by atomic mass is 9.94. The van der Waals surface area contributed by atoms with Crippen molar-refractivity contribution in [3.8, 4) is 0 Å². The maximum absolute atomic E-state index is 12.5. The number of amides is 1. The Balaban J connectivity index is 2.11. The highest BCUT2D eigenvalue weighted by molar-refractivity contribution is 6.31. The van der Waals surface area contributed by atoms with Gasteiger partial charge in [-0.15, -0.1) is 0 Å². The Morgan fingerprint density at radius 2 is 2.09 bits per heavy atom. The van der Waals surface area contributed by atoms with Gasteiger partial charge in [-0.3, -0.25) is 9.48 Å². The Bertz CT molecular complexity index is 612. The maximum Gasteiger partial charge on any atom is 0.224 e. The largest absolute Gasteiger partial charge is 0.338 e. The molecule has 0 aliphatic rings. The molecule has 0 aliphatic heterocycles. The van der Waals surface area contributed by atoms with E-state index in [9.17, 15) is 4.79 Å². The van der Waals surface area contributed by atoms with Crippen molar-refractivity contribution >= 4 is 17.5 Å². The third kappa shape index (κ3) is 3.85. The smallest absolute Gasteiger partial charge is 0.224 e. The third-order valence-electron chi connectivity index (χ3n) is 3.69. The van der Waals surface area contributed by atoms with Crippen LogP contribution in [0.15, 0.2) is 36.9 Å². The van der Waals surface area contributed by atoms with Crippen LogP contribution in [-0.4, -0.2) is 32.6 Å². The van der Waals surface area contributed by atoms with Gasteiger partial charge in [0.1, 0.15) is 12.7 Å². The van der Waals surface area contributed by atoms with E-state index in [-0.39, 0.29) is 17.9 Å². The first-order valence-electron chi connectivity index (χ1n) is 7.33. The minimum atomic E-state index is -0.0445. The zero-order valence-corrected chi connectivity index (χ0v) is 13.9. The molecule has 0 aliphatic carbocycles. The van der Waals surface area contributed by atoms with Crippen molar-refractivity contribution in [3.05, 3.63) is 47.5 Å². The van der Waals surface area contributed by atoms with Gasteiger partial charge in [0.15, 0.2) is 0 Å². The van der Waals surface area contributed by atoms with Crippen molar-refractivity contribution in [1.82, 2.24) is 19.7 Å². The number of carbonyl (C=O) groups is 1. The molecule has 118 valence electrons. The fourth-order valence-electron chi connectivity index (χ4n) is 2.62. The first kappa shape index (κ1) is 16.5. The van der Waals surface area contributed by atoms with Crippen molar-refractivity contribution in [3.63, 3.8) is 0 Å². The monoisotopic (exact) mass is 320 g/mol. The van der Waals surface area contributed by atoms with Gasteiger partial charge in [0.25, 0.3) is 0 Å². The number of halogens is 1. The molecule has 22 heavy (non-hydrogen) atoms. The number of benzene rings is 1. The van der Waals surface area contributed by atoms with Crippen LogP contribution < -0.4 is 0 Å². The number of rotatable bonds is 6. The lowest BCUT2D eigenvalue weighted by Crippen LogP contribution is -2.34. The first-order valence-corrected chi connectivity index (χ1v) is 7.71. The minimum Gasteiger partial charge on any atom is -0.338 e. The van der Waals surface area contributed by atoms with E-state index in [2.05, 4.69) is 23.9 Å². The summed E-state index contributed by atoms with van der Waals surface area (Å²) in [7, 11) is 1.83. The second-order valence-electron chi connectivity index (χ2n) is 5.62. The molecule has 2 rings (SSSR count). The summed E-state index contributed by atoms with van der Waals surface area (Å²) in [6.45, 7) is 4.71. The predicted molar refractivity (Wildman–Crippen MR) is 86.4 cm³/mol.